The van der Waals surface area contributed by atoms with Crippen molar-refractivity contribution >= 4 is 17.7 Å². The van der Waals surface area contributed by atoms with Crippen molar-refractivity contribution in [3.8, 4) is 16.9 Å². The summed E-state index contributed by atoms with van der Waals surface area (Å²) < 4.78 is 0. The number of phenolic OH excluding ortho intramolecular Hbond substituents is 1. The van der Waals surface area contributed by atoms with Crippen LogP contribution >= 0.6 is 0 Å². The summed E-state index contributed by atoms with van der Waals surface area (Å²) in [4.78, 5) is 39.7. The van der Waals surface area contributed by atoms with E-state index in [4.69, 9.17) is 17.2 Å². The lowest BCUT2D eigenvalue weighted by Crippen LogP contribution is -2.57. The van der Waals surface area contributed by atoms with Gasteiger partial charge in [-0.1, -0.05) is 30.3 Å². The number of carbonyl (C=O) groups excluding carboxylic acids is 3. The molecule has 1 heterocycles. The van der Waals surface area contributed by atoms with Crippen molar-refractivity contribution in [2.24, 2.45) is 17.2 Å². The molecule has 1 aliphatic heterocycles. The van der Waals surface area contributed by atoms with Gasteiger partial charge in [0.05, 0.1) is 18.7 Å². The number of hydrogen-bond donors (Lipinski definition) is 8. The molecular formula is C28H40N6O5. The molecular weight excluding hydrogens is 500 g/mol. The van der Waals surface area contributed by atoms with Gasteiger partial charge in [0.2, 0.25) is 17.7 Å². The number of rotatable bonds is 9. The summed E-state index contributed by atoms with van der Waals surface area (Å²) in [7, 11) is 0. The molecule has 0 spiro atoms. The molecule has 11 nitrogen and oxygen atoms in total. The number of aliphatic hydroxyl groups is 1. The van der Waals surface area contributed by atoms with Gasteiger partial charge in [0, 0.05) is 12.8 Å². The first-order valence-corrected chi connectivity index (χ1v) is 13.3. The average Bonchev–Trinajstić information content (AvgIpc) is 2.93. The van der Waals surface area contributed by atoms with E-state index in [1.54, 1.807) is 18.2 Å². The highest BCUT2D eigenvalue weighted by molar-refractivity contribution is 5.93. The van der Waals surface area contributed by atoms with Crippen LogP contribution in [-0.4, -0.2) is 71.8 Å². The Morgan fingerprint density at radius 2 is 1.74 bits per heavy atom. The highest BCUT2D eigenvalue weighted by Gasteiger charge is 2.29. The Bertz CT molecular complexity index is 1140. The van der Waals surface area contributed by atoms with Crippen LogP contribution < -0.4 is 33.2 Å². The lowest BCUT2D eigenvalue weighted by molar-refractivity contribution is -0.132. The van der Waals surface area contributed by atoms with Crippen molar-refractivity contribution in [2.75, 3.05) is 19.7 Å². The van der Waals surface area contributed by atoms with Crippen LogP contribution in [0.4, 0.5) is 0 Å². The second kappa shape index (κ2) is 14.6. The molecule has 0 radical (unpaired) electrons. The first kappa shape index (κ1) is 30.0. The molecule has 212 valence electrons. The number of amides is 3. The van der Waals surface area contributed by atoms with Crippen LogP contribution in [0, 0.1) is 0 Å². The molecule has 3 amide bonds. The van der Waals surface area contributed by atoms with E-state index in [1.165, 1.54) is 0 Å². The SMILES string of the molecule is NCCC[C@@H](CO)NC(=O)[C@@H]1Cc2cccc(c2)-c2ccc(O)c(c2)C[C@H](N)C(=O)N[C@@H](CCCN)C(=O)N1. The Morgan fingerprint density at radius 3 is 2.46 bits per heavy atom. The predicted molar refractivity (Wildman–Crippen MR) is 148 cm³/mol. The summed E-state index contributed by atoms with van der Waals surface area (Å²) in [5.74, 6) is -1.54. The third kappa shape index (κ3) is 8.49. The molecule has 0 aromatic heterocycles. The zero-order chi connectivity index (χ0) is 28.4. The molecule has 0 fully saturated rings. The second-order valence-electron chi connectivity index (χ2n) is 9.93. The Labute approximate surface area is 228 Å². The fraction of sp³-hybridized carbons (Fsp3) is 0.464. The minimum Gasteiger partial charge on any atom is -0.508 e. The van der Waals surface area contributed by atoms with Crippen molar-refractivity contribution in [3.05, 3.63) is 53.6 Å². The van der Waals surface area contributed by atoms with E-state index < -0.39 is 41.9 Å². The van der Waals surface area contributed by atoms with Gasteiger partial charge in [-0.15, -0.1) is 0 Å². The highest BCUT2D eigenvalue weighted by Crippen LogP contribution is 2.28. The molecule has 0 saturated heterocycles. The van der Waals surface area contributed by atoms with E-state index in [0.29, 0.717) is 37.9 Å². The lowest BCUT2D eigenvalue weighted by atomic mass is 9.96. The Balaban J connectivity index is 2.01. The Hall–Kier alpha value is -3.51. The number of nitrogens with two attached hydrogens (primary N) is 3. The topological polar surface area (TPSA) is 206 Å². The predicted octanol–water partition coefficient (Wildman–Crippen LogP) is -0.590. The maximum atomic E-state index is 13.4. The summed E-state index contributed by atoms with van der Waals surface area (Å²) in [5.41, 5.74) is 20.4. The number of aromatic hydroxyl groups is 1. The van der Waals surface area contributed by atoms with Gasteiger partial charge < -0.3 is 43.4 Å². The summed E-state index contributed by atoms with van der Waals surface area (Å²) in [6.07, 6.45) is 2.05. The van der Waals surface area contributed by atoms with Crippen molar-refractivity contribution in [1.82, 2.24) is 16.0 Å². The van der Waals surface area contributed by atoms with Gasteiger partial charge in [0.25, 0.3) is 0 Å². The van der Waals surface area contributed by atoms with Crippen LogP contribution in [0.2, 0.25) is 0 Å². The Kier molecular flexibility index (Phi) is 11.2. The molecule has 11 heteroatoms. The normalized spacial score (nSPS) is 20.7. The van der Waals surface area contributed by atoms with Crippen LogP contribution in [0.5, 0.6) is 5.75 Å². The van der Waals surface area contributed by atoms with E-state index in [1.807, 2.05) is 24.3 Å². The van der Waals surface area contributed by atoms with Gasteiger partial charge in [-0.3, -0.25) is 14.4 Å². The maximum absolute atomic E-state index is 13.4. The summed E-state index contributed by atoms with van der Waals surface area (Å²) in [6, 6.07) is 9.14. The lowest BCUT2D eigenvalue weighted by Gasteiger charge is -2.26. The van der Waals surface area contributed by atoms with Crippen molar-refractivity contribution in [3.63, 3.8) is 0 Å². The summed E-state index contributed by atoms with van der Waals surface area (Å²) in [5, 5.41) is 28.5. The summed E-state index contributed by atoms with van der Waals surface area (Å²) in [6.45, 7) is 0.462. The maximum Gasteiger partial charge on any atom is 0.243 e. The molecule has 2 aromatic carbocycles. The first-order chi connectivity index (χ1) is 18.7. The van der Waals surface area contributed by atoms with Gasteiger partial charge in [0.15, 0.2) is 0 Å². The monoisotopic (exact) mass is 540 g/mol. The molecule has 0 saturated carbocycles. The van der Waals surface area contributed by atoms with E-state index in [2.05, 4.69) is 16.0 Å². The minimum absolute atomic E-state index is 0.0182. The quantitative estimate of drug-likeness (QED) is 0.206. The van der Waals surface area contributed by atoms with Gasteiger partial charge in [-0.2, -0.15) is 0 Å². The number of aliphatic hydroxyl groups excluding tert-OH is 1. The molecule has 1 aliphatic rings. The average molecular weight is 541 g/mol. The fourth-order valence-corrected chi connectivity index (χ4v) is 4.60. The van der Waals surface area contributed by atoms with Crippen LogP contribution in [0.3, 0.4) is 0 Å². The molecule has 11 N–H and O–H groups in total. The third-order valence-corrected chi connectivity index (χ3v) is 6.84. The first-order valence-electron chi connectivity index (χ1n) is 13.3. The van der Waals surface area contributed by atoms with E-state index >= 15 is 0 Å². The van der Waals surface area contributed by atoms with Gasteiger partial charge in [-0.25, -0.2) is 0 Å². The van der Waals surface area contributed by atoms with Crippen LogP contribution in [0.15, 0.2) is 42.5 Å². The molecule has 4 atom stereocenters. The summed E-state index contributed by atoms with van der Waals surface area (Å²) >= 11 is 0. The molecule has 3 rings (SSSR count). The molecule has 4 bridgehead atoms. The van der Waals surface area contributed by atoms with E-state index in [-0.39, 0.29) is 31.6 Å². The van der Waals surface area contributed by atoms with E-state index in [9.17, 15) is 24.6 Å². The fourth-order valence-electron chi connectivity index (χ4n) is 4.60. The molecule has 0 unspecified atom stereocenters. The smallest absolute Gasteiger partial charge is 0.243 e. The van der Waals surface area contributed by atoms with Crippen molar-refractivity contribution < 1.29 is 24.6 Å². The zero-order valence-electron chi connectivity index (χ0n) is 22.1. The van der Waals surface area contributed by atoms with Crippen molar-refractivity contribution in [2.45, 2.75) is 62.7 Å². The number of carbonyl (C=O) groups is 3. The Morgan fingerprint density at radius 1 is 1.00 bits per heavy atom. The van der Waals surface area contributed by atoms with Gasteiger partial charge in [0.1, 0.15) is 17.8 Å². The number of fused-ring (bicyclic) bond motifs is 5. The van der Waals surface area contributed by atoms with Gasteiger partial charge >= 0.3 is 0 Å². The zero-order valence-corrected chi connectivity index (χ0v) is 22.1. The van der Waals surface area contributed by atoms with E-state index in [0.717, 1.165) is 16.7 Å². The van der Waals surface area contributed by atoms with Crippen LogP contribution in [-0.2, 0) is 27.2 Å². The van der Waals surface area contributed by atoms with Crippen LogP contribution in [0.25, 0.3) is 11.1 Å². The highest BCUT2D eigenvalue weighted by atomic mass is 16.3. The van der Waals surface area contributed by atoms with Crippen molar-refractivity contribution in [1.29, 1.82) is 0 Å². The second-order valence-corrected chi connectivity index (χ2v) is 9.93. The number of phenols is 1. The number of benzene rings is 2. The van der Waals surface area contributed by atoms with Gasteiger partial charge in [-0.05, 0) is 73.2 Å². The standard InChI is InChI=1S/C28H40N6O5/c29-10-2-6-21(16-35)32-28(39)24-13-17-4-1-5-18(12-17)19-8-9-25(36)20(14-19)15-22(31)26(37)33-23(7-3-11-30)27(38)34-24/h1,4-5,8-9,12,14,21-24,35-36H,2-3,6-7,10-11,13,15-16,29-31H2,(H,32,39)(H,33,37)(H,34,38)/t21-,22-,23-,24-/m0/s1. The van der Waals surface area contributed by atoms with Crippen LogP contribution in [0.1, 0.15) is 36.8 Å². The number of hydrogen-bond acceptors (Lipinski definition) is 8. The third-order valence-electron chi connectivity index (χ3n) is 6.84. The number of nitrogens with one attached hydrogen (secondary N) is 3. The molecule has 2 aromatic rings. The largest absolute Gasteiger partial charge is 0.508 e. The minimum atomic E-state index is -1.03. The molecule has 0 aliphatic carbocycles. The molecule has 39 heavy (non-hydrogen) atoms.